The van der Waals surface area contributed by atoms with Crippen molar-refractivity contribution in [3.63, 3.8) is 0 Å². The third kappa shape index (κ3) is 4.39. The summed E-state index contributed by atoms with van der Waals surface area (Å²) in [5, 5.41) is 14.5. The third-order valence-corrected chi connectivity index (χ3v) is 4.04. The minimum absolute atomic E-state index is 0.00202. The van der Waals surface area contributed by atoms with Crippen LogP contribution in [-0.2, 0) is 14.2 Å². The van der Waals surface area contributed by atoms with Crippen LogP contribution in [0.3, 0.4) is 0 Å². The molecule has 2 heterocycles. The standard InChI is InChI=1S/C16H26N2O6/c1-9(2)18-11(4)10(3)15(17-18)24-14-7-12(19)6-13(23-14)8-22-16(20)21-5/h9,12-14,19H,6-8H2,1-5H3. The summed E-state index contributed by atoms with van der Waals surface area (Å²) in [4.78, 5) is 11.1. The first kappa shape index (κ1) is 18.5. The Labute approximate surface area is 141 Å². The molecule has 1 N–H and O–H groups in total. The number of rotatable bonds is 5. The summed E-state index contributed by atoms with van der Waals surface area (Å²) in [5.74, 6) is 0.493. The fourth-order valence-corrected chi connectivity index (χ4v) is 2.66. The quantitative estimate of drug-likeness (QED) is 0.819. The normalized spacial score (nSPS) is 24.0. The zero-order chi connectivity index (χ0) is 17.9. The van der Waals surface area contributed by atoms with E-state index in [4.69, 9.17) is 14.2 Å². The summed E-state index contributed by atoms with van der Waals surface area (Å²) >= 11 is 0. The van der Waals surface area contributed by atoms with E-state index in [0.717, 1.165) is 11.3 Å². The van der Waals surface area contributed by atoms with Gasteiger partial charge in [0.2, 0.25) is 12.2 Å². The van der Waals surface area contributed by atoms with Crippen molar-refractivity contribution in [2.24, 2.45) is 0 Å². The Balaban J connectivity index is 2.01. The van der Waals surface area contributed by atoms with Gasteiger partial charge in [-0.15, -0.1) is 5.10 Å². The van der Waals surface area contributed by atoms with Crippen molar-refractivity contribution in [3.8, 4) is 5.88 Å². The van der Waals surface area contributed by atoms with E-state index in [1.54, 1.807) is 0 Å². The second-order valence-electron chi connectivity index (χ2n) is 6.25. The Hall–Kier alpha value is -1.80. The summed E-state index contributed by atoms with van der Waals surface area (Å²) in [6.45, 7) is 8.02. The van der Waals surface area contributed by atoms with Gasteiger partial charge < -0.3 is 24.1 Å². The summed E-state index contributed by atoms with van der Waals surface area (Å²) in [6.07, 6.45) is -1.77. The second kappa shape index (κ2) is 7.85. The average molecular weight is 342 g/mol. The number of methoxy groups -OCH3 is 1. The molecule has 2 rings (SSSR count). The molecular formula is C16H26N2O6. The second-order valence-corrected chi connectivity index (χ2v) is 6.25. The molecule has 0 radical (unpaired) electrons. The van der Waals surface area contributed by atoms with Crippen molar-refractivity contribution < 1.29 is 28.8 Å². The fraction of sp³-hybridized carbons (Fsp3) is 0.750. The predicted octanol–water partition coefficient (Wildman–Crippen LogP) is 2.11. The first-order chi connectivity index (χ1) is 11.3. The summed E-state index contributed by atoms with van der Waals surface area (Å²) in [6, 6.07) is 0.222. The maximum atomic E-state index is 11.1. The lowest BCUT2D eigenvalue weighted by atomic mass is 10.1. The summed E-state index contributed by atoms with van der Waals surface area (Å²) in [7, 11) is 1.24. The Morgan fingerprint density at radius 3 is 2.71 bits per heavy atom. The minimum Gasteiger partial charge on any atom is -0.446 e. The number of hydrogen-bond donors (Lipinski definition) is 1. The van der Waals surface area contributed by atoms with Crippen LogP contribution in [0.5, 0.6) is 5.88 Å². The van der Waals surface area contributed by atoms with Gasteiger partial charge in [0.15, 0.2) is 0 Å². The van der Waals surface area contributed by atoms with E-state index >= 15 is 0 Å². The number of aliphatic hydroxyl groups is 1. The lowest BCUT2D eigenvalue weighted by Gasteiger charge is -2.32. The van der Waals surface area contributed by atoms with Crippen LogP contribution < -0.4 is 4.74 Å². The van der Waals surface area contributed by atoms with Crippen molar-refractivity contribution in [1.82, 2.24) is 9.78 Å². The largest absolute Gasteiger partial charge is 0.508 e. The number of hydrogen-bond acceptors (Lipinski definition) is 7. The molecular weight excluding hydrogens is 316 g/mol. The maximum absolute atomic E-state index is 11.1. The van der Waals surface area contributed by atoms with Gasteiger partial charge in [-0.3, -0.25) is 4.68 Å². The number of nitrogens with zero attached hydrogens (tertiary/aromatic N) is 2. The molecule has 3 atom stereocenters. The van der Waals surface area contributed by atoms with E-state index < -0.39 is 24.7 Å². The Morgan fingerprint density at radius 1 is 1.42 bits per heavy atom. The van der Waals surface area contributed by atoms with Crippen molar-refractivity contribution >= 4 is 6.16 Å². The first-order valence-corrected chi connectivity index (χ1v) is 8.08. The van der Waals surface area contributed by atoms with E-state index in [0.29, 0.717) is 18.7 Å². The molecule has 1 aromatic rings. The highest BCUT2D eigenvalue weighted by molar-refractivity contribution is 5.59. The Morgan fingerprint density at radius 2 is 2.12 bits per heavy atom. The lowest BCUT2D eigenvalue weighted by molar-refractivity contribution is -0.187. The Kier molecular flexibility index (Phi) is 6.06. The molecule has 1 saturated heterocycles. The van der Waals surface area contributed by atoms with Gasteiger partial charge in [0.05, 0.1) is 19.3 Å². The highest BCUT2D eigenvalue weighted by atomic mass is 16.7. The predicted molar refractivity (Wildman–Crippen MR) is 85.0 cm³/mol. The van der Waals surface area contributed by atoms with Crippen molar-refractivity contribution in [2.45, 2.75) is 65.1 Å². The zero-order valence-corrected chi connectivity index (χ0v) is 14.8. The van der Waals surface area contributed by atoms with E-state index in [1.165, 1.54) is 7.11 Å². The highest BCUT2D eigenvalue weighted by Crippen LogP contribution is 2.27. The molecule has 0 amide bonds. The molecule has 1 aliphatic heterocycles. The maximum Gasteiger partial charge on any atom is 0.508 e. The monoisotopic (exact) mass is 342 g/mol. The average Bonchev–Trinajstić information content (AvgIpc) is 2.80. The SMILES string of the molecule is COC(=O)OCC1CC(O)CC(Oc2nn(C(C)C)c(C)c2C)O1. The number of carbonyl (C=O) groups is 1. The van der Waals surface area contributed by atoms with Gasteiger partial charge >= 0.3 is 6.16 Å². The van der Waals surface area contributed by atoms with Crippen LogP contribution >= 0.6 is 0 Å². The topological polar surface area (TPSA) is 92.0 Å². The molecule has 24 heavy (non-hydrogen) atoms. The fourth-order valence-electron chi connectivity index (χ4n) is 2.66. The van der Waals surface area contributed by atoms with Crippen LogP contribution in [0.25, 0.3) is 0 Å². The molecule has 1 aromatic heterocycles. The molecule has 0 bridgehead atoms. The molecule has 0 spiro atoms. The molecule has 8 nitrogen and oxygen atoms in total. The number of aromatic nitrogens is 2. The van der Waals surface area contributed by atoms with Gasteiger partial charge in [0.1, 0.15) is 6.61 Å². The molecule has 0 aromatic carbocycles. The van der Waals surface area contributed by atoms with E-state index in [2.05, 4.69) is 9.84 Å². The molecule has 0 saturated carbocycles. The molecule has 1 aliphatic rings. The van der Waals surface area contributed by atoms with Crippen LogP contribution in [0.4, 0.5) is 4.79 Å². The van der Waals surface area contributed by atoms with Crippen LogP contribution in [0.2, 0.25) is 0 Å². The van der Waals surface area contributed by atoms with Crippen LogP contribution in [0.1, 0.15) is 44.0 Å². The summed E-state index contributed by atoms with van der Waals surface area (Å²) < 4.78 is 22.8. The molecule has 1 fully saturated rings. The number of ether oxygens (including phenoxy) is 4. The van der Waals surface area contributed by atoms with Gasteiger partial charge in [-0.05, 0) is 27.7 Å². The van der Waals surface area contributed by atoms with Crippen molar-refractivity contribution in [3.05, 3.63) is 11.3 Å². The number of carbonyl (C=O) groups excluding carboxylic acids is 1. The van der Waals surface area contributed by atoms with Crippen LogP contribution in [0, 0.1) is 13.8 Å². The van der Waals surface area contributed by atoms with Gasteiger partial charge in [-0.25, -0.2) is 4.79 Å². The zero-order valence-electron chi connectivity index (χ0n) is 14.8. The molecule has 8 heteroatoms. The summed E-state index contributed by atoms with van der Waals surface area (Å²) in [5.41, 5.74) is 1.97. The molecule has 0 aliphatic carbocycles. The lowest BCUT2D eigenvalue weighted by Crippen LogP contribution is -2.41. The van der Waals surface area contributed by atoms with Crippen molar-refractivity contribution in [1.29, 1.82) is 0 Å². The molecule has 3 unspecified atom stereocenters. The van der Waals surface area contributed by atoms with Gasteiger partial charge in [-0.1, -0.05) is 0 Å². The third-order valence-electron chi connectivity index (χ3n) is 4.04. The Bertz CT molecular complexity index is 571. The smallest absolute Gasteiger partial charge is 0.446 e. The van der Waals surface area contributed by atoms with E-state index in [-0.39, 0.29) is 12.6 Å². The van der Waals surface area contributed by atoms with Gasteiger partial charge in [0.25, 0.3) is 0 Å². The van der Waals surface area contributed by atoms with Crippen LogP contribution in [0.15, 0.2) is 0 Å². The highest BCUT2D eigenvalue weighted by Gasteiger charge is 2.32. The van der Waals surface area contributed by atoms with E-state index in [1.807, 2.05) is 32.4 Å². The van der Waals surface area contributed by atoms with E-state index in [9.17, 15) is 9.90 Å². The molecule has 136 valence electrons. The van der Waals surface area contributed by atoms with Gasteiger partial charge in [-0.2, -0.15) is 0 Å². The first-order valence-electron chi connectivity index (χ1n) is 8.08. The van der Waals surface area contributed by atoms with Crippen LogP contribution in [-0.4, -0.2) is 53.3 Å². The van der Waals surface area contributed by atoms with Gasteiger partial charge in [0, 0.05) is 30.1 Å². The minimum atomic E-state index is -0.779. The van der Waals surface area contributed by atoms with Crippen molar-refractivity contribution in [2.75, 3.05) is 13.7 Å². The number of aliphatic hydroxyl groups excluding tert-OH is 1.